The van der Waals surface area contributed by atoms with Gasteiger partial charge in [-0.25, -0.2) is 0 Å². The highest BCUT2D eigenvalue weighted by Gasteiger charge is 2.19. The Hall–Kier alpha value is -2.31. The number of nitrogens with one attached hydrogen (secondary N) is 1. The van der Waals surface area contributed by atoms with Crippen molar-refractivity contribution in [3.8, 4) is 17.2 Å². The SMILES string of the molecule is N#Cc1cccc(Cl)c1-c1ccc2c(c1)CC(=O)N2. The van der Waals surface area contributed by atoms with Crippen LogP contribution in [-0.4, -0.2) is 5.91 Å². The van der Waals surface area contributed by atoms with Crippen LogP contribution in [0.3, 0.4) is 0 Å². The Balaban J connectivity index is 2.17. The Morgan fingerprint density at radius 3 is 2.89 bits per heavy atom. The lowest BCUT2D eigenvalue weighted by Crippen LogP contribution is -2.03. The fourth-order valence-electron chi connectivity index (χ4n) is 2.30. The average Bonchev–Trinajstić information content (AvgIpc) is 2.77. The average molecular weight is 269 g/mol. The fraction of sp³-hybridized carbons (Fsp3) is 0.0667. The first-order chi connectivity index (χ1) is 9.19. The van der Waals surface area contributed by atoms with Crippen molar-refractivity contribution in [1.82, 2.24) is 0 Å². The summed E-state index contributed by atoms with van der Waals surface area (Å²) in [6, 6.07) is 13.0. The molecule has 1 aliphatic heterocycles. The van der Waals surface area contributed by atoms with Crippen LogP contribution >= 0.6 is 11.6 Å². The smallest absolute Gasteiger partial charge is 0.228 e. The van der Waals surface area contributed by atoms with Gasteiger partial charge < -0.3 is 5.32 Å². The van der Waals surface area contributed by atoms with Crippen molar-refractivity contribution in [3.63, 3.8) is 0 Å². The highest BCUT2D eigenvalue weighted by Crippen LogP contribution is 2.34. The summed E-state index contributed by atoms with van der Waals surface area (Å²) in [5.74, 6) is -0.00758. The van der Waals surface area contributed by atoms with E-state index in [0.717, 1.165) is 16.8 Å². The van der Waals surface area contributed by atoms with Gasteiger partial charge in [0.05, 0.1) is 18.1 Å². The maximum absolute atomic E-state index is 11.3. The van der Waals surface area contributed by atoms with Crippen molar-refractivity contribution in [2.24, 2.45) is 0 Å². The molecule has 0 aliphatic carbocycles. The normalized spacial score (nSPS) is 12.7. The quantitative estimate of drug-likeness (QED) is 0.862. The van der Waals surface area contributed by atoms with Gasteiger partial charge in [-0.3, -0.25) is 4.79 Å². The third-order valence-electron chi connectivity index (χ3n) is 3.15. The summed E-state index contributed by atoms with van der Waals surface area (Å²) in [6.07, 6.45) is 0.371. The largest absolute Gasteiger partial charge is 0.326 e. The molecule has 0 bridgehead atoms. The predicted octanol–water partition coefficient (Wildman–Crippen LogP) is 3.37. The van der Waals surface area contributed by atoms with Crippen molar-refractivity contribution >= 4 is 23.2 Å². The Kier molecular flexibility index (Phi) is 2.73. The first kappa shape index (κ1) is 11.8. The molecule has 1 amide bonds. The van der Waals surface area contributed by atoms with Gasteiger partial charge in [0.2, 0.25) is 5.91 Å². The van der Waals surface area contributed by atoms with E-state index >= 15 is 0 Å². The van der Waals surface area contributed by atoms with Crippen LogP contribution in [0.1, 0.15) is 11.1 Å². The lowest BCUT2D eigenvalue weighted by atomic mass is 9.98. The number of hydrogen-bond donors (Lipinski definition) is 1. The minimum absolute atomic E-state index is 0.00758. The molecule has 2 aromatic carbocycles. The number of carbonyl (C=O) groups excluding carboxylic acids is 1. The molecule has 0 atom stereocenters. The highest BCUT2D eigenvalue weighted by atomic mass is 35.5. The molecule has 1 N–H and O–H groups in total. The zero-order valence-corrected chi connectivity index (χ0v) is 10.7. The highest BCUT2D eigenvalue weighted by molar-refractivity contribution is 6.33. The molecule has 1 aliphatic rings. The lowest BCUT2D eigenvalue weighted by Gasteiger charge is -2.08. The molecule has 0 saturated carbocycles. The summed E-state index contributed by atoms with van der Waals surface area (Å²) >= 11 is 6.19. The van der Waals surface area contributed by atoms with Crippen LogP contribution in [0.5, 0.6) is 0 Å². The second-order valence-corrected chi connectivity index (χ2v) is 4.78. The van der Waals surface area contributed by atoms with Crippen LogP contribution in [0.15, 0.2) is 36.4 Å². The minimum atomic E-state index is -0.00758. The third kappa shape index (κ3) is 1.96. The number of benzene rings is 2. The molecule has 0 fully saturated rings. The number of amides is 1. The van der Waals surface area contributed by atoms with E-state index in [-0.39, 0.29) is 5.91 Å². The van der Waals surface area contributed by atoms with E-state index < -0.39 is 0 Å². The number of nitrogens with zero attached hydrogens (tertiary/aromatic N) is 1. The molecule has 3 rings (SSSR count). The first-order valence-corrected chi connectivity index (χ1v) is 6.18. The second kappa shape index (κ2) is 4.42. The number of fused-ring (bicyclic) bond motifs is 1. The van der Waals surface area contributed by atoms with Gasteiger partial charge in [-0.15, -0.1) is 0 Å². The molecule has 1 heterocycles. The van der Waals surface area contributed by atoms with Crippen molar-refractivity contribution in [2.45, 2.75) is 6.42 Å². The fourth-order valence-corrected chi connectivity index (χ4v) is 2.58. The lowest BCUT2D eigenvalue weighted by molar-refractivity contribution is -0.115. The summed E-state index contributed by atoms with van der Waals surface area (Å²) in [5, 5.41) is 12.5. The molecule has 4 heteroatoms. The predicted molar refractivity (Wildman–Crippen MR) is 73.9 cm³/mol. The van der Waals surface area contributed by atoms with E-state index in [9.17, 15) is 4.79 Å². The van der Waals surface area contributed by atoms with E-state index in [0.29, 0.717) is 22.6 Å². The Labute approximate surface area is 115 Å². The summed E-state index contributed by atoms with van der Waals surface area (Å²) in [4.78, 5) is 11.3. The van der Waals surface area contributed by atoms with Gasteiger partial charge in [-0.2, -0.15) is 5.26 Å². The van der Waals surface area contributed by atoms with E-state index in [4.69, 9.17) is 16.9 Å². The molecule has 92 valence electrons. The number of hydrogen-bond acceptors (Lipinski definition) is 2. The molecule has 0 radical (unpaired) electrons. The van der Waals surface area contributed by atoms with Crippen molar-refractivity contribution in [1.29, 1.82) is 5.26 Å². The maximum Gasteiger partial charge on any atom is 0.228 e. The number of carbonyl (C=O) groups is 1. The van der Waals surface area contributed by atoms with Gasteiger partial charge in [0.15, 0.2) is 0 Å². The van der Waals surface area contributed by atoms with Crippen LogP contribution in [0, 0.1) is 11.3 Å². The van der Waals surface area contributed by atoms with Gasteiger partial charge in [-0.05, 0) is 35.4 Å². The van der Waals surface area contributed by atoms with Gasteiger partial charge in [0.25, 0.3) is 0 Å². The van der Waals surface area contributed by atoms with Crippen LogP contribution in [-0.2, 0) is 11.2 Å². The zero-order chi connectivity index (χ0) is 13.4. The summed E-state index contributed by atoms with van der Waals surface area (Å²) in [5.41, 5.74) is 3.88. The zero-order valence-electron chi connectivity index (χ0n) is 9.90. The minimum Gasteiger partial charge on any atom is -0.326 e. The van der Waals surface area contributed by atoms with Crippen LogP contribution in [0.4, 0.5) is 5.69 Å². The van der Waals surface area contributed by atoms with E-state index in [1.807, 2.05) is 18.2 Å². The summed E-state index contributed by atoms with van der Waals surface area (Å²) in [6.45, 7) is 0. The number of halogens is 1. The van der Waals surface area contributed by atoms with Gasteiger partial charge >= 0.3 is 0 Å². The Morgan fingerprint density at radius 1 is 1.26 bits per heavy atom. The van der Waals surface area contributed by atoms with Crippen molar-refractivity contribution < 1.29 is 4.79 Å². The Morgan fingerprint density at radius 2 is 2.11 bits per heavy atom. The van der Waals surface area contributed by atoms with Gasteiger partial charge in [0, 0.05) is 16.3 Å². The third-order valence-corrected chi connectivity index (χ3v) is 3.47. The van der Waals surface area contributed by atoms with Crippen LogP contribution in [0.25, 0.3) is 11.1 Å². The molecule has 3 nitrogen and oxygen atoms in total. The molecule has 0 aromatic heterocycles. The topological polar surface area (TPSA) is 52.9 Å². The van der Waals surface area contributed by atoms with Crippen molar-refractivity contribution in [2.75, 3.05) is 5.32 Å². The summed E-state index contributed by atoms with van der Waals surface area (Å²) < 4.78 is 0. The van der Waals surface area contributed by atoms with Gasteiger partial charge in [-0.1, -0.05) is 23.7 Å². The number of rotatable bonds is 1. The van der Waals surface area contributed by atoms with Crippen LogP contribution in [0.2, 0.25) is 5.02 Å². The molecule has 0 saturated heterocycles. The molecule has 2 aromatic rings. The number of nitriles is 1. The standard InChI is InChI=1S/C15H9ClN2O/c16-12-3-1-2-10(8-17)15(12)9-4-5-13-11(6-9)7-14(19)18-13/h1-6H,7H2,(H,18,19). The first-order valence-electron chi connectivity index (χ1n) is 5.81. The Bertz CT molecular complexity index is 731. The number of anilines is 1. The maximum atomic E-state index is 11.3. The van der Waals surface area contributed by atoms with Crippen molar-refractivity contribution in [3.05, 3.63) is 52.5 Å². The molecular formula is C15H9ClN2O. The molecule has 0 unspecified atom stereocenters. The van der Waals surface area contributed by atoms with Crippen LogP contribution < -0.4 is 5.32 Å². The molecular weight excluding hydrogens is 260 g/mol. The molecule has 19 heavy (non-hydrogen) atoms. The van der Waals surface area contributed by atoms with E-state index in [1.54, 1.807) is 18.2 Å². The molecule has 0 spiro atoms. The van der Waals surface area contributed by atoms with E-state index in [1.165, 1.54) is 0 Å². The van der Waals surface area contributed by atoms with E-state index in [2.05, 4.69) is 11.4 Å². The van der Waals surface area contributed by atoms with Gasteiger partial charge in [0.1, 0.15) is 0 Å². The summed E-state index contributed by atoms with van der Waals surface area (Å²) in [7, 11) is 0. The second-order valence-electron chi connectivity index (χ2n) is 4.37. The monoisotopic (exact) mass is 268 g/mol.